The zero-order valence-corrected chi connectivity index (χ0v) is 10.6. The van der Waals surface area contributed by atoms with Gasteiger partial charge in [0.05, 0.1) is 0 Å². The Balaban J connectivity index is 0.000000557. The van der Waals surface area contributed by atoms with Crippen molar-refractivity contribution in [3.63, 3.8) is 0 Å². The second-order valence-corrected chi connectivity index (χ2v) is 3.94. The first-order valence-electron chi connectivity index (χ1n) is 5.22. The van der Waals surface area contributed by atoms with Gasteiger partial charge < -0.3 is 4.55 Å². The molecular weight excluding hydrogens is 234 g/mol. The van der Waals surface area contributed by atoms with Crippen molar-refractivity contribution in [3.05, 3.63) is 61.2 Å². The van der Waals surface area contributed by atoms with Crippen LogP contribution in [-0.4, -0.2) is 8.76 Å². The molecular formula is C13H18NO2S-. The molecule has 0 amide bonds. The SMILES string of the molecule is C=CCC(CC=C)c1ccccc1.NS(=O)[O-]. The lowest BCUT2D eigenvalue weighted by Gasteiger charge is -2.12. The van der Waals surface area contributed by atoms with E-state index in [1.807, 2.05) is 18.2 Å². The van der Waals surface area contributed by atoms with Crippen molar-refractivity contribution in [1.82, 2.24) is 0 Å². The minimum atomic E-state index is -2.36. The Morgan fingerprint density at radius 2 is 1.65 bits per heavy atom. The number of hydrogen-bond acceptors (Lipinski definition) is 2. The molecule has 4 heteroatoms. The Kier molecular flexibility index (Phi) is 9.24. The molecule has 0 fully saturated rings. The second-order valence-electron chi connectivity index (χ2n) is 3.42. The third-order valence-electron chi connectivity index (χ3n) is 2.17. The van der Waals surface area contributed by atoms with E-state index in [1.54, 1.807) is 0 Å². The van der Waals surface area contributed by atoms with E-state index in [4.69, 9.17) is 8.76 Å². The Morgan fingerprint density at radius 1 is 1.24 bits per heavy atom. The van der Waals surface area contributed by atoms with Crippen molar-refractivity contribution in [2.24, 2.45) is 5.14 Å². The van der Waals surface area contributed by atoms with E-state index in [9.17, 15) is 0 Å². The Hall–Kier alpha value is -1.23. The number of nitrogens with two attached hydrogens (primary N) is 1. The molecule has 2 N–H and O–H groups in total. The minimum Gasteiger partial charge on any atom is -0.760 e. The van der Waals surface area contributed by atoms with Gasteiger partial charge >= 0.3 is 0 Å². The van der Waals surface area contributed by atoms with Crippen molar-refractivity contribution in [1.29, 1.82) is 0 Å². The third-order valence-corrected chi connectivity index (χ3v) is 2.17. The van der Waals surface area contributed by atoms with E-state index in [2.05, 4.69) is 42.6 Å². The van der Waals surface area contributed by atoms with Crippen LogP contribution in [0.4, 0.5) is 0 Å². The van der Waals surface area contributed by atoms with Crippen LogP contribution in [0.1, 0.15) is 24.3 Å². The molecule has 1 aromatic rings. The fourth-order valence-corrected chi connectivity index (χ4v) is 1.50. The van der Waals surface area contributed by atoms with E-state index in [0.717, 1.165) is 12.8 Å². The van der Waals surface area contributed by atoms with E-state index < -0.39 is 11.3 Å². The maximum Gasteiger partial charge on any atom is 0.0152 e. The van der Waals surface area contributed by atoms with Gasteiger partial charge in [-0.25, -0.2) is 0 Å². The smallest absolute Gasteiger partial charge is 0.0152 e. The summed E-state index contributed by atoms with van der Waals surface area (Å²) in [6.07, 6.45) is 5.99. The lowest BCUT2D eigenvalue weighted by Crippen LogP contribution is -1.97. The summed E-state index contributed by atoms with van der Waals surface area (Å²) in [7, 11) is 0. The highest BCUT2D eigenvalue weighted by molar-refractivity contribution is 7.76. The molecule has 17 heavy (non-hydrogen) atoms. The molecule has 0 spiro atoms. The van der Waals surface area contributed by atoms with Crippen molar-refractivity contribution in [3.8, 4) is 0 Å². The first kappa shape index (κ1) is 15.8. The molecule has 0 saturated carbocycles. The summed E-state index contributed by atoms with van der Waals surface area (Å²) in [6, 6.07) is 10.5. The van der Waals surface area contributed by atoms with E-state index >= 15 is 0 Å². The van der Waals surface area contributed by atoms with Crippen LogP contribution in [0.25, 0.3) is 0 Å². The summed E-state index contributed by atoms with van der Waals surface area (Å²) in [5, 5.41) is 4.03. The molecule has 0 saturated heterocycles. The molecule has 1 aromatic carbocycles. The van der Waals surface area contributed by atoms with Crippen molar-refractivity contribution in [2.45, 2.75) is 18.8 Å². The number of rotatable bonds is 5. The molecule has 0 heterocycles. The molecule has 0 aliphatic carbocycles. The highest BCUT2D eigenvalue weighted by atomic mass is 32.2. The van der Waals surface area contributed by atoms with Gasteiger partial charge in [-0.1, -0.05) is 42.5 Å². The average molecular weight is 252 g/mol. The predicted molar refractivity (Wildman–Crippen MR) is 71.9 cm³/mol. The minimum absolute atomic E-state index is 0.552. The molecule has 0 aliphatic heterocycles. The van der Waals surface area contributed by atoms with Gasteiger partial charge in [-0.05, 0) is 24.3 Å². The Bertz CT molecular complexity index is 338. The lowest BCUT2D eigenvalue weighted by molar-refractivity contribution is 0.539. The van der Waals surface area contributed by atoms with Gasteiger partial charge in [0.15, 0.2) is 0 Å². The number of allylic oxidation sites excluding steroid dienone is 2. The Morgan fingerprint density at radius 3 is 2.00 bits per heavy atom. The molecule has 0 bridgehead atoms. The molecule has 1 atom stereocenters. The fourth-order valence-electron chi connectivity index (χ4n) is 1.50. The standard InChI is InChI=1S/C13H16.H3NO2S/c1-3-8-12(9-4-2)13-10-6-5-7-11-13;1-4(2)3/h3-7,10-12H,1-2,8-9H2;1H2,(H,2,3)/p-1. The molecule has 94 valence electrons. The quantitative estimate of drug-likeness (QED) is 0.646. The lowest BCUT2D eigenvalue weighted by atomic mass is 9.93. The van der Waals surface area contributed by atoms with E-state index in [1.165, 1.54) is 5.56 Å². The van der Waals surface area contributed by atoms with Gasteiger partial charge in [-0.2, -0.15) is 0 Å². The van der Waals surface area contributed by atoms with E-state index in [-0.39, 0.29) is 0 Å². The van der Waals surface area contributed by atoms with Crippen LogP contribution in [0, 0.1) is 0 Å². The number of benzene rings is 1. The molecule has 0 aromatic heterocycles. The van der Waals surface area contributed by atoms with Gasteiger partial charge in [0.2, 0.25) is 0 Å². The highest BCUT2D eigenvalue weighted by Crippen LogP contribution is 2.23. The van der Waals surface area contributed by atoms with Crippen LogP contribution in [0.5, 0.6) is 0 Å². The monoisotopic (exact) mass is 252 g/mol. The van der Waals surface area contributed by atoms with Crippen LogP contribution in [-0.2, 0) is 11.3 Å². The zero-order valence-electron chi connectivity index (χ0n) is 9.75. The third kappa shape index (κ3) is 8.56. The van der Waals surface area contributed by atoms with Crippen LogP contribution in [0.2, 0.25) is 0 Å². The summed E-state index contributed by atoms with van der Waals surface area (Å²) >= 11 is -2.36. The van der Waals surface area contributed by atoms with Gasteiger partial charge in [0.1, 0.15) is 0 Å². The van der Waals surface area contributed by atoms with Gasteiger partial charge in [0, 0.05) is 11.3 Å². The largest absolute Gasteiger partial charge is 0.760 e. The summed E-state index contributed by atoms with van der Waals surface area (Å²) < 4.78 is 17.6. The highest BCUT2D eigenvalue weighted by Gasteiger charge is 2.06. The van der Waals surface area contributed by atoms with E-state index in [0.29, 0.717) is 5.92 Å². The van der Waals surface area contributed by atoms with Gasteiger partial charge in [-0.3, -0.25) is 9.35 Å². The van der Waals surface area contributed by atoms with Crippen LogP contribution in [0.15, 0.2) is 55.6 Å². The first-order valence-corrected chi connectivity index (χ1v) is 6.36. The summed E-state index contributed by atoms with van der Waals surface area (Å²) in [5.41, 5.74) is 1.38. The van der Waals surface area contributed by atoms with Crippen LogP contribution in [0.3, 0.4) is 0 Å². The van der Waals surface area contributed by atoms with Crippen LogP contribution < -0.4 is 5.14 Å². The maximum atomic E-state index is 8.78. The first-order chi connectivity index (χ1) is 8.11. The van der Waals surface area contributed by atoms with Gasteiger partial charge in [0.25, 0.3) is 0 Å². The molecule has 0 aliphatic rings. The van der Waals surface area contributed by atoms with Gasteiger partial charge in [-0.15, -0.1) is 13.2 Å². The predicted octanol–water partition coefficient (Wildman–Crippen LogP) is 2.66. The molecule has 0 radical (unpaired) electrons. The normalized spacial score (nSPS) is 11.2. The topological polar surface area (TPSA) is 66.2 Å². The Labute approximate surface area is 105 Å². The summed E-state index contributed by atoms with van der Waals surface area (Å²) in [5.74, 6) is 0.552. The zero-order chi connectivity index (χ0) is 13.1. The summed E-state index contributed by atoms with van der Waals surface area (Å²) in [4.78, 5) is 0. The fraction of sp³-hybridized carbons (Fsp3) is 0.231. The molecule has 1 rings (SSSR count). The number of hydrogen-bond donors (Lipinski definition) is 1. The maximum absolute atomic E-state index is 8.78. The second kappa shape index (κ2) is 9.96. The van der Waals surface area contributed by atoms with Crippen molar-refractivity contribution < 1.29 is 8.76 Å². The average Bonchev–Trinajstić information content (AvgIpc) is 2.29. The van der Waals surface area contributed by atoms with Crippen molar-refractivity contribution >= 4 is 11.3 Å². The van der Waals surface area contributed by atoms with Crippen LogP contribution >= 0.6 is 0 Å². The summed E-state index contributed by atoms with van der Waals surface area (Å²) in [6.45, 7) is 7.55. The molecule has 1 unspecified atom stereocenters. The van der Waals surface area contributed by atoms with Crippen molar-refractivity contribution in [2.75, 3.05) is 0 Å². The molecule has 3 nitrogen and oxygen atoms in total.